The molecule has 4 rings (SSSR count). The van der Waals surface area contributed by atoms with Crippen LogP contribution in [0.1, 0.15) is 50.8 Å². The quantitative estimate of drug-likeness (QED) is 0.131. The molecule has 3 aromatic rings. The number of likely N-dealkylation sites (N-methyl/N-ethyl adjacent to an activating group) is 1. The number of allylic oxidation sites excluding steroid dienone is 1. The van der Waals surface area contributed by atoms with E-state index in [2.05, 4.69) is 25.7 Å². The number of fused-ring (bicyclic) bond motifs is 1. The normalized spacial score (nSPS) is 13.6. The van der Waals surface area contributed by atoms with Crippen LogP contribution < -0.4 is 18.7 Å². The zero-order chi connectivity index (χ0) is 30.1. The van der Waals surface area contributed by atoms with Crippen molar-refractivity contribution >= 4 is 25.7 Å². The summed E-state index contributed by atoms with van der Waals surface area (Å²) in [6, 6.07) is 21.0. The Morgan fingerprint density at radius 2 is 1.48 bits per heavy atom. The monoisotopic (exact) mass is 595 g/mol. The van der Waals surface area contributed by atoms with E-state index in [1.165, 1.54) is 6.92 Å². The van der Waals surface area contributed by atoms with Crippen molar-refractivity contribution in [3.05, 3.63) is 83.4 Å². The van der Waals surface area contributed by atoms with Crippen LogP contribution in [0, 0.1) is 0 Å². The van der Waals surface area contributed by atoms with Crippen LogP contribution in [-0.2, 0) is 9.53 Å². The Kier molecular flexibility index (Phi) is 11.2. The standard InChI is InChI=1S/C32H38NO8P/c1-5-29(25-12-17-30-31(18-25)39-21-38-30)32(24-10-15-27(16-11-24)41-42(35)36)23-8-13-26(14-9-23)37-20-28(40-22(4)34)19-33(6-2)7-3/h8-18,28,35-36H,5-7,19-21H2,1-4H3. The lowest BCUT2D eigenvalue weighted by Gasteiger charge is -2.25. The summed E-state index contributed by atoms with van der Waals surface area (Å²) in [6.45, 7) is 10.4. The van der Waals surface area contributed by atoms with Crippen molar-refractivity contribution in [1.29, 1.82) is 0 Å². The average Bonchev–Trinajstić information content (AvgIpc) is 3.46. The van der Waals surface area contributed by atoms with Crippen LogP contribution in [-0.4, -0.2) is 59.8 Å². The summed E-state index contributed by atoms with van der Waals surface area (Å²) in [5.74, 6) is 2.13. The highest BCUT2D eigenvalue weighted by Crippen LogP contribution is 2.40. The number of rotatable bonds is 14. The van der Waals surface area contributed by atoms with Gasteiger partial charge in [-0.05, 0) is 83.7 Å². The Balaban J connectivity index is 1.65. The highest BCUT2D eigenvalue weighted by atomic mass is 31.2. The molecule has 0 amide bonds. The van der Waals surface area contributed by atoms with E-state index in [1.807, 2.05) is 54.6 Å². The van der Waals surface area contributed by atoms with Crippen LogP contribution in [0.25, 0.3) is 11.1 Å². The van der Waals surface area contributed by atoms with E-state index in [1.54, 1.807) is 12.1 Å². The number of carbonyl (C=O) groups is 1. The van der Waals surface area contributed by atoms with Crippen LogP contribution in [0.15, 0.2) is 66.7 Å². The summed E-state index contributed by atoms with van der Waals surface area (Å²) in [4.78, 5) is 32.4. The van der Waals surface area contributed by atoms with Gasteiger partial charge in [-0.25, -0.2) is 0 Å². The maximum Gasteiger partial charge on any atom is 0.391 e. The summed E-state index contributed by atoms with van der Waals surface area (Å²) >= 11 is 0. The fraction of sp³-hybridized carbons (Fsp3) is 0.344. The zero-order valence-corrected chi connectivity index (χ0v) is 25.3. The molecule has 3 aromatic carbocycles. The van der Waals surface area contributed by atoms with Gasteiger partial charge in [0.25, 0.3) is 0 Å². The summed E-state index contributed by atoms with van der Waals surface area (Å²) < 4.78 is 27.8. The number of esters is 1. The number of benzene rings is 3. The zero-order valence-electron chi connectivity index (χ0n) is 24.4. The molecule has 9 nitrogen and oxygen atoms in total. The second-order valence-corrected chi connectivity index (χ2v) is 10.4. The second kappa shape index (κ2) is 15.0. The van der Waals surface area contributed by atoms with Gasteiger partial charge in [0, 0.05) is 13.5 Å². The highest BCUT2D eigenvalue weighted by Gasteiger charge is 2.20. The molecule has 0 aromatic heterocycles. The van der Waals surface area contributed by atoms with E-state index in [0.29, 0.717) is 23.8 Å². The van der Waals surface area contributed by atoms with E-state index < -0.39 is 8.60 Å². The summed E-state index contributed by atoms with van der Waals surface area (Å²) in [7, 11) is -2.51. The minimum absolute atomic E-state index is 0.200. The lowest BCUT2D eigenvalue weighted by Crippen LogP contribution is -2.38. The van der Waals surface area contributed by atoms with Gasteiger partial charge in [0.2, 0.25) is 6.79 Å². The van der Waals surface area contributed by atoms with Gasteiger partial charge in [-0.2, -0.15) is 0 Å². The maximum atomic E-state index is 11.7. The molecule has 0 fully saturated rings. The first kappa shape index (κ1) is 31.3. The van der Waals surface area contributed by atoms with Crippen LogP contribution >= 0.6 is 8.60 Å². The first-order chi connectivity index (χ1) is 20.3. The molecule has 0 aliphatic carbocycles. The van der Waals surface area contributed by atoms with Gasteiger partial charge in [0.05, 0.1) is 0 Å². The molecule has 0 spiro atoms. The summed E-state index contributed by atoms with van der Waals surface area (Å²) in [5, 5.41) is 0. The van der Waals surface area contributed by atoms with Crippen molar-refractivity contribution in [3.8, 4) is 23.0 Å². The number of ether oxygens (including phenoxy) is 4. The minimum atomic E-state index is -2.51. The van der Waals surface area contributed by atoms with Crippen molar-refractivity contribution in [3.63, 3.8) is 0 Å². The Hall–Kier alpha value is -3.62. The number of nitrogens with zero attached hydrogens (tertiary/aromatic N) is 1. The van der Waals surface area contributed by atoms with Gasteiger partial charge in [0.1, 0.15) is 24.2 Å². The lowest BCUT2D eigenvalue weighted by atomic mass is 9.88. The fourth-order valence-electron chi connectivity index (χ4n) is 4.94. The third kappa shape index (κ3) is 8.23. The van der Waals surface area contributed by atoms with Gasteiger partial charge >= 0.3 is 14.6 Å². The Labute approximate surface area is 248 Å². The summed E-state index contributed by atoms with van der Waals surface area (Å²) in [5.41, 5.74) is 5.00. The van der Waals surface area contributed by atoms with E-state index >= 15 is 0 Å². The predicted octanol–water partition coefficient (Wildman–Crippen LogP) is 6.03. The molecule has 1 unspecified atom stereocenters. The largest absolute Gasteiger partial charge is 0.490 e. The number of hydrogen-bond donors (Lipinski definition) is 2. The third-order valence-electron chi connectivity index (χ3n) is 6.97. The molecule has 0 bridgehead atoms. The Bertz CT molecular complexity index is 1350. The van der Waals surface area contributed by atoms with Crippen molar-refractivity contribution in [2.45, 2.75) is 40.2 Å². The van der Waals surface area contributed by atoms with Crippen molar-refractivity contribution in [2.24, 2.45) is 0 Å². The fourth-order valence-corrected chi connectivity index (χ4v) is 5.25. The molecule has 1 aliphatic rings. The van der Waals surface area contributed by atoms with Gasteiger partial charge in [-0.3, -0.25) is 4.79 Å². The number of carbonyl (C=O) groups excluding carboxylic acids is 1. The summed E-state index contributed by atoms with van der Waals surface area (Å²) in [6.07, 6.45) is 0.356. The topological polar surface area (TPSA) is 107 Å². The van der Waals surface area contributed by atoms with Crippen molar-refractivity contribution in [1.82, 2.24) is 4.90 Å². The smallest absolute Gasteiger partial charge is 0.391 e. The Morgan fingerprint density at radius 1 is 0.881 bits per heavy atom. The SMILES string of the molecule is CCC(=C(c1ccc(OCC(CN(CC)CC)OC(C)=O)cc1)c1ccc(OP(O)O)cc1)c1ccc2c(c1)OCO2. The number of hydrogen-bond acceptors (Lipinski definition) is 9. The molecular formula is C32H38NO8P. The van der Waals surface area contributed by atoms with Gasteiger partial charge in [-0.15, -0.1) is 0 Å². The van der Waals surface area contributed by atoms with E-state index in [4.69, 9.17) is 23.5 Å². The molecule has 0 saturated carbocycles. The van der Waals surface area contributed by atoms with Crippen LogP contribution in [0.3, 0.4) is 0 Å². The molecular weight excluding hydrogens is 557 g/mol. The molecule has 224 valence electrons. The van der Waals surface area contributed by atoms with Crippen LogP contribution in [0.2, 0.25) is 0 Å². The van der Waals surface area contributed by atoms with E-state index in [9.17, 15) is 14.6 Å². The predicted molar refractivity (Wildman–Crippen MR) is 162 cm³/mol. The Morgan fingerprint density at radius 3 is 2.05 bits per heavy atom. The first-order valence-corrected chi connectivity index (χ1v) is 15.2. The van der Waals surface area contributed by atoms with Crippen LogP contribution in [0.4, 0.5) is 0 Å². The minimum Gasteiger partial charge on any atom is -0.490 e. The second-order valence-electron chi connectivity index (χ2n) is 9.70. The highest BCUT2D eigenvalue weighted by molar-refractivity contribution is 7.39. The van der Waals surface area contributed by atoms with Gasteiger partial charge < -0.3 is 38.2 Å². The van der Waals surface area contributed by atoms with Crippen molar-refractivity contribution in [2.75, 3.05) is 33.0 Å². The maximum absolute atomic E-state index is 11.7. The molecule has 10 heteroatoms. The van der Waals surface area contributed by atoms with Crippen LogP contribution in [0.5, 0.6) is 23.0 Å². The molecule has 0 saturated heterocycles. The van der Waals surface area contributed by atoms with Gasteiger partial charge in [-0.1, -0.05) is 51.1 Å². The molecule has 1 aliphatic heterocycles. The molecule has 0 radical (unpaired) electrons. The lowest BCUT2D eigenvalue weighted by molar-refractivity contribution is -0.148. The van der Waals surface area contributed by atoms with Crippen molar-refractivity contribution < 1.29 is 38.1 Å². The molecule has 42 heavy (non-hydrogen) atoms. The van der Waals surface area contributed by atoms with E-state index in [-0.39, 0.29) is 25.5 Å². The van der Waals surface area contributed by atoms with E-state index in [0.717, 1.165) is 53.1 Å². The average molecular weight is 596 g/mol. The third-order valence-corrected chi connectivity index (χ3v) is 7.35. The van der Waals surface area contributed by atoms with Gasteiger partial charge in [0.15, 0.2) is 11.5 Å². The first-order valence-electron chi connectivity index (χ1n) is 14.0. The molecule has 2 N–H and O–H groups in total. The molecule has 1 heterocycles. The molecule has 1 atom stereocenters.